The number of anilines is 2. The molecule has 5 heterocycles. The number of aromatic amines is 1. The number of benzene rings is 1. The van der Waals surface area contributed by atoms with Gasteiger partial charge in [0.15, 0.2) is 0 Å². The molecule has 0 saturated carbocycles. The largest absolute Gasteiger partial charge is 0.378 e. The lowest BCUT2D eigenvalue weighted by molar-refractivity contribution is -0.118. The second-order valence-corrected chi connectivity index (χ2v) is 11.7. The van der Waals surface area contributed by atoms with Crippen LogP contribution in [0, 0.1) is 0 Å². The predicted octanol–water partition coefficient (Wildman–Crippen LogP) is 3.09. The van der Waals surface area contributed by atoms with E-state index >= 15 is 0 Å². The second kappa shape index (κ2) is 13.6. The predicted molar refractivity (Wildman–Crippen MR) is 174 cm³/mol. The van der Waals surface area contributed by atoms with Crippen LogP contribution in [0.15, 0.2) is 67.1 Å². The molecule has 2 aliphatic rings. The highest BCUT2D eigenvalue weighted by Crippen LogP contribution is 2.30. The van der Waals surface area contributed by atoms with Crippen molar-refractivity contribution < 1.29 is 14.3 Å². The number of hydrogen-bond acceptors (Lipinski definition) is 9. The topological polar surface area (TPSA) is 154 Å². The zero-order valence-corrected chi connectivity index (χ0v) is 25.5. The minimum atomic E-state index is -0.381. The molecule has 0 unspecified atom stereocenters. The lowest BCUT2D eigenvalue weighted by Gasteiger charge is -2.33. The fourth-order valence-corrected chi connectivity index (χ4v) is 5.79. The molecule has 0 aliphatic carbocycles. The number of pyridine rings is 1. The first-order valence-corrected chi connectivity index (χ1v) is 15.3. The van der Waals surface area contributed by atoms with Crippen molar-refractivity contribution in [2.45, 2.75) is 38.4 Å². The Labute approximate surface area is 262 Å². The van der Waals surface area contributed by atoms with Crippen LogP contribution in [0.4, 0.5) is 11.5 Å². The number of rotatable bonds is 9. The van der Waals surface area contributed by atoms with Crippen LogP contribution in [0.5, 0.6) is 0 Å². The highest BCUT2D eigenvalue weighted by Gasteiger charge is 2.23. The summed E-state index contributed by atoms with van der Waals surface area (Å²) in [5.74, 6) is 0.430. The van der Waals surface area contributed by atoms with Crippen LogP contribution in [0.3, 0.4) is 0 Å². The van der Waals surface area contributed by atoms with Gasteiger partial charge in [-0.05, 0) is 67.8 Å². The standard InChI is InChI=1S/C33H39N9O3/c1-21(22(2)34)32(43)39-26-4-3-11-41(19-26)18-23-9-10-35-29(16-23)33(44)38-25-7-5-24(6-8-25)28-17-27-30(40-28)36-20-37-31(27)42-12-14-45-15-13-42/h5-10,16-17,20,22,26H,1,3-4,11-15,18-19,34H2,2H3,(H,38,44)(H,39,43)(H,36,37,40)/t22-,26-/m1/s1. The van der Waals surface area contributed by atoms with E-state index in [-0.39, 0.29) is 23.9 Å². The number of aromatic nitrogens is 4. The summed E-state index contributed by atoms with van der Waals surface area (Å²) in [4.78, 5) is 46.7. The van der Waals surface area contributed by atoms with Gasteiger partial charge >= 0.3 is 0 Å². The van der Waals surface area contributed by atoms with Crippen molar-refractivity contribution in [1.82, 2.24) is 30.2 Å². The normalized spacial score (nSPS) is 18.0. The van der Waals surface area contributed by atoms with Crippen LogP contribution in [0.1, 0.15) is 35.8 Å². The van der Waals surface area contributed by atoms with Crippen molar-refractivity contribution in [2.24, 2.45) is 5.73 Å². The van der Waals surface area contributed by atoms with E-state index in [9.17, 15) is 9.59 Å². The third-order valence-corrected chi connectivity index (χ3v) is 8.31. The van der Waals surface area contributed by atoms with E-state index in [1.165, 1.54) is 0 Å². The smallest absolute Gasteiger partial charge is 0.274 e. The Bertz CT molecular complexity index is 1680. The fraction of sp³-hybridized carbons (Fsp3) is 0.364. The molecule has 0 radical (unpaired) electrons. The summed E-state index contributed by atoms with van der Waals surface area (Å²) >= 11 is 0. The molecule has 2 saturated heterocycles. The van der Waals surface area contributed by atoms with Gasteiger partial charge in [-0.2, -0.15) is 0 Å². The second-order valence-electron chi connectivity index (χ2n) is 11.7. The SMILES string of the molecule is C=C(C(=O)N[C@@H]1CCCN(Cc2ccnc(C(=O)Nc3ccc(-c4cc5c(N6CCOCC6)ncnc5[nH]4)cc3)c2)C1)[C@@H](C)N. The minimum absolute atomic E-state index is 0.0263. The number of carbonyl (C=O) groups excluding carboxylic acids is 2. The van der Waals surface area contributed by atoms with Gasteiger partial charge in [0.2, 0.25) is 5.91 Å². The quantitative estimate of drug-likeness (QED) is 0.210. The van der Waals surface area contributed by atoms with Gasteiger partial charge < -0.3 is 31.0 Å². The Kier molecular flexibility index (Phi) is 9.15. The van der Waals surface area contributed by atoms with Crippen molar-refractivity contribution in [3.05, 3.63) is 78.4 Å². The molecule has 12 nitrogen and oxygen atoms in total. The van der Waals surface area contributed by atoms with Crippen LogP contribution in [-0.4, -0.2) is 88.1 Å². The highest BCUT2D eigenvalue weighted by atomic mass is 16.5. The molecule has 12 heteroatoms. The minimum Gasteiger partial charge on any atom is -0.378 e. The number of amides is 2. The van der Waals surface area contributed by atoms with Crippen LogP contribution in [0.2, 0.25) is 0 Å². The molecule has 6 rings (SSSR count). The molecule has 0 spiro atoms. The molecular weight excluding hydrogens is 570 g/mol. The van der Waals surface area contributed by atoms with E-state index in [0.717, 1.165) is 66.1 Å². The Balaban J connectivity index is 1.07. The fourth-order valence-electron chi connectivity index (χ4n) is 5.79. The highest BCUT2D eigenvalue weighted by molar-refractivity contribution is 6.03. The number of morpholine rings is 1. The monoisotopic (exact) mass is 609 g/mol. The zero-order chi connectivity index (χ0) is 31.3. The van der Waals surface area contributed by atoms with E-state index < -0.39 is 0 Å². The summed E-state index contributed by atoms with van der Waals surface area (Å²) in [6.07, 6.45) is 5.11. The zero-order valence-electron chi connectivity index (χ0n) is 25.5. The Hall–Kier alpha value is -4.65. The summed E-state index contributed by atoms with van der Waals surface area (Å²) in [6.45, 7) is 10.8. The third-order valence-electron chi connectivity index (χ3n) is 8.31. The maximum atomic E-state index is 13.1. The van der Waals surface area contributed by atoms with Gasteiger partial charge in [-0.3, -0.25) is 19.5 Å². The van der Waals surface area contributed by atoms with Gasteiger partial charge in [0, 0.05) is 61.4 Å². The van der Waals surface area contributed by atoms with Crippen LogP contribution >= 0.6 is 0 Å². The van der Waals surface area contributed by atoms with Gasteiger partial charge in [-0.25, -0.2) is 9.97 Å². The van der Waals surface area contributed by atoms with E-state index in [4.69, 9.17) is 10.5 Å². The molecule has 5 N–H and O–H groups in total. The number of ether oxygens (including phenoxy) is 1. The summed E-state index contributed by atoms with van der Waals surface area (Å²) in [6, 6.07) is 13.1. The summed E-state index contributed by atoms with van der Waals surface area (Å²) in [5, 5.41) is 6.99. The van der Waals surface area contributed by atoms with E-state index in [1.54, 1.807) is 19.4 Å². The summed E-state index contributed by atoms with van der Waals surface area (Å²) in [7, 11) is 0. The maximum Gasteiger partial charge on any atom is 0.274 e. The number of nitrogens with two attached hydrogens (primary N) is 1. The summed E-state index contributed by atoms with van der Waals surface area (Å²) in [5.41, 5.74) is 10.9. The number of hydrogen-bond donors (Lipinski definition) is 4. The van der Waals surface area contributed by atoms with Crippen LogP contribution in [-0.2, 0) is 16.1 Å². The van der Waals surface area contributed by atoms with E-state index in [1.807, 2.05) is 36.4 Å². The van der Waals surface area contributed by atoms with Gasteiger partial charge in [-0.15, -0.1) is 0 Å². The molecule has 234 valence electrons. The van der Waals surface area contributed by atoms with E-state index in [0.29, 0.717) is 43.3 Å². The first-order valence-electron chi connectivity index (χ1n) is 15.3. The molecule has 3 aromatic heterocycles. The van der Waals surface area contributed by atoms with Gasteiger partial charge in [0.05, 0.1) is 18.6 Å². The first-order chi connectivity index (χ1) is 21.8. The number of carbonyl (C=O) groups is 2. The van der Waals surface area contributed by atoms with Gasteiger partial charge in [0.1, 0.15) is 23.5 Å². The average Bonchev–Trinajstić information content (AvgIpc) is 3.50. The van der Waals surface area contributed by atoms with Crippen molar-refractivity contribution in [3.8, 4) is 11.3 Å². The average molecular weight is 610 g/mol. The first kappa shape index (κ1) is 30.4. The van der Waals surface area contributed by atoms with Gasteiger partial charge in [-0.1, -0.05) is 18.7 Å². The Morgan fingerprint density at radius 1 is 1.11 bits per heavy atom. The number of piperidine rings is 1. The van der Waals surface area contributed by atoms with Crippen molar-refractivity contribution in [1.29, 1.82) is 0 Å². The maximum absolute atomic E-state index is 13.1. The molecule has 2 amide bonds. The molecular formula is C33H39N9O3. The molecule has 1 aromatic carbocycles. The van der Waals surface area contributed by atoms with Crippen LogP contribution in [0.25, 0.3) is 22.3 Å². The number of nitrogens with zero attached hydrogens (tertiary/aromatic N) is 5. The molecule has 2 fully saturated rings. The number of H-pyrrole nitrogens is 1. The molecule has 45 heavy (non-hydrogen) atoms. The van der Waals surface area contributed by atoms with Crippen LogP contribution < -0.4 is 21.3 Å². The van der Waals surface area contributed by atoms with Crippen molar-refractivity contribution in [2.75, 3.05) is 49.6 Å². The van der Waals surface area contributed by atoms with Crippen molar-refractivity contribution >= 4 is 34.4 Å². The van der Waals surface area contributed by atoms with Gasteiger partial charge in [0.25, 0.3) is 5.91 Å². The van der Waals surface area contributed by atoms with E-state index in [2.05, 4.69) is 53.0 Å². The summed E-state index contributed by atoms with van der Waals surface area (Å²) < 4.78 is 5.49. The number of nitrogens with one attached hydrogen (secondary N) is 3. The molecule has 2 aliphatic heterocycles. The lowest BCUT2D eigenvalue weighted by Crippen LogP contribution is -2.48. The lowest BCUT2D eigenvalue weighted by atomic mass is 10.0. The Morgan fingerprint density at radius 2 is 1.91 bits per heavy atom. The number of likely N-dealkylation sites (tertiary alicyclic amines) is 1. The molecule has 0 bridgehead atoms. The number of fused-ring (bicyclic) bond motifs is 1. The molecule has 2 atom stereocenters. The Morgan fingerprint density at radius 3 is 2.69 bits per heavy atom. The molecule has 4 aromatic rings. The third kappa shape index (κ3) is 7.19. The van der Waals surface area contributed by atoms with Crippen molar-refractivity contribution in [3.63, 3.8) is 0 Å².